The zero-order valence-electron chi connectivity index (χ0n) is 18.7. The minimum atomic E-state index is -2.64. The molecular formula is C20H44O4P2. The van der Waals surface area contributed by atoms with Crippen molar-refractivity contribution in [2.45, 2.75) is 74.8 Å². The average molecular weight is 411 g/mol. The number of rotatable bonds is 14. The van der Waals surface area contributed by atoms with Gasteiger partial charge in [0.2, 0.25) is 14.7 Å². The van der Waals surface area contributed by atoms with Crippen LogP contribution in [-0.2, 0) is 18.2 Å². The Morgan fingerprint density at radius 1 is 0.615 bits per heavy atom. The Hall–Kier alpha value is 0.380. The van der Waals surface area contributed by atoms with Crippen molar-refractivity contribution in [3.8, 4) is 0 Å². The minimum absolute atomic E-state index is 0.148. The van der Waals surface area contributed by atoms with E-state index in [9.17, 15) is 9.13 Å². The molecule has 0 aliphatic carbocycles. The third kappa shape index (κ3) is 12.7. The highest BCUT2D eigenvalue weighted by atomic mass is 31.2. The van der Waals surface area contributed by atoms with E-state index >= 15 is 0 Å². The molecule has 6 heteroatoms. The molecule has 0 rings (SSSR count). The van der Waals surface area contributed by atoms with Crippen molar-refractivity contribution in [2.75, 3.05) is 31.3 Å². The van der Waals surface area contributed by atoms with Gasteiger partial charge in [0.15, 0.2) is 0 Å². The van der Waals surface area contributed by atoms with Crippen LogP contribution in [0.5, 0.6) is 0 Å². The first-order chi connectivity index (χ1) is 11.8. The first-order valence-electron chi connectivity index (χ1n) is 10.3. The molecule has 0 aromatic heterocycles. The third-order valence-electron chi connectivity index (χ3n) is 3.80. The second-order valence-electron chi connectivity index (χ2n) is 9.47. The van der Waals surface area contributed by atoms with E-state index < -0.39 is 14.7 Å². The maximum absolute atomic E-state index is 13.2. The molecule has 0 bridgehead atoms. The minimum Gasteiger partial charge on any atom is -0.328 e. The smallest absolute Gasteiger partial charge is 0.203 e. The molecule has 0 saturated carbocycles. The van der Waals surface area contributed by atoms with E-state index in [2.05, 4.69) is 55.4 Å². The lowest BCUT2D eigenvalue weighted by molar-refractivity contribution is 0.177. The Morgan fingerprint density at radius 3 is 1.31 bits per heavy atom. The maximum Gasteiger partial charge on any atom is 0.203 e. The van der Waals surface area contributed by atoms with Crippen molar-refractivity contribution in [3.05, 3.63) is 0 Å². The van der Waals surface area contributed by atoms with Crippen LogP contribution in [0.15, 0.2) is 0 Å². The molecule has 26 heavy (non-hydrogen) atoms. The molecular weight excluding hydrogens is 366 g/mol. The van der Waals surface area contributed by atoms with E-state index in [1.807, 2.05) is 6.92 Å². The summed E-state index contributed by atoms with van der Waals surface area (Å²) in [5, 5.41) is 0. The van der Waals surface area contributed by atoms with Gasteiger partial charge in [-0.3, -0.25) is 9.13 Å². The van der Waals surface area contributed by atoms with E-state index in [1.165, 1.54) is 0 Å². The van der Waals surface area contributed by atoms with Crippen molar-refractivity contribution in [2.24, 2.45) is 23.7 Å². The first kappa shape index (κ1) is 26.4. The fourth-order valence-corrected chi connectivity index (χ4v) is 9.66. The highest BCUT2D eigenvalue weighted by Crippen LogP contribution is 2.52. The molecule has 0 N–H and O–H groups in total. The van der Waals surface area contributed by atoms with E-state index in [-0.39, 0.29) is 6.10 Å². The summed E-state index contributed by atoms with van der Waals surface area (Å²) >= 11 is 0. The van der Waals surface area contributed by atoms with Gasteiger partial charge in [0, 0.05) is 24.6 Å². The standard InChI is InChI=1S/C20H44O4P2/c1-16(2)12-25(21,13-17(3)4)23-11-10-20(9)24-26(22,14-18(5)6)15-19(7)8/h16-20H,10-15H2,1-9H3. The maximum atomic E-state index is 13.2. The molecule has 4 nitrogen and oxygen atoms in total. The molecule has 0 radical (unpaired) electrons. The van der Waals surface area contributed by atoms with Gasteiger partial charge >= 0.3 is 0 Å². The van der Waals surface area contributed by atoms with Crippen LogP contribution in [0.1, 0.15) is 68.7 Å². The van der Waals surface area contributed by atoms with Gasteiger partial charge in [0.25, 0.3) is 0 Å². The van der Waals surface area contributed by atoms with E-state index in [0.717, 1.165) is 0 Å². The summed E-state index contributed by atoms with van der Waals surface area (Å²) < 4.78 is 38.2. The SMILES string of the molecule is CC(C)CP(=O)(CC(C)C)OCCC(C)OP(=O)(CC(C)C)CC(C)C. The van der Waals surface area contributed by atoms with Crippen molar-refractivity contribution >= 4 is 14.7 Å². The summed E-state index contributed by atoms with van der Waals surface area (Å²) in [6.07, 6.45) is 2.97. The van der Waals surface area contributed by atoms with Crippen LogP contribution in [-0.4, -0.2) is 37.4 Å². The van der Waals surface area contributed by atoms with E-state index in [4.69, 9.17) is 9.05 Å². The first-order valence-corrected chi connectivity index (χ1v) is 14.2. The van der Waals surface area contributed by atoms with Crippen LogP contribution < -0.4 is 0 Å². The predicted molar refractivity (Wildman–Crippen MR) is 115 cm³/mol. The highest BCUT2D eigenvalue weighted by molar-refractivity contribution is 7.59. The lowest BCUT2D eigenvalue weighted by Gasteiger charge is -2.27. The van der Waals surface area contributed by atoms with Crippen LogP contribution >= 0.6 is 14.7 Å². The Bertz CT molecular complexity index is 444. The van der Waals surface area contributed by atoms with Gasteiger partial charge in [-0.05, 0) is 37.0 Å². The molecule has 0 aliphatic rings. The van der Waals surface area contributed by atoms with E-state index in [0.29, 0.717) is 61.3 Å². The van der Waals surface area contributed by atoms with Gasteiger partial charge in [0.05, 0.1) is 12.7 Å². The molecule has 0 saturated heterocycles. The average Bonchev–Trinajstić information content (AvgIpc) is 2.32. The second kappa shape index (κ2) is 12.1. The summed E-state index contributed by atoms with van der Waals surface area (Å²) in [5.74, 6) is 1.40. The lowest BCUT2D eigenvalue weighted by atomic mass is 10.3. The summed E-state index contributed by atoms with van der Waals surface area (Å²) in [6.45, 7) is 19.0. The topological polar surface area (TPSA) is 52.6 Å². The molecule has 158 valence electrons. The summed E-state index contributed by atoms with van der Waals surface area (Å²) in [4.78, 5) is 0. The summed E-state index contributed by atoms with van der Waals surface area (Å²) in [7, 11) is -5.25. The zero-order chi connectivity index (χ0) is 20.5. The fraction of sp³-hybridized carbons (Fsp3) is 1.00. The zero-order valence-corrected chi connectivity index (χ0v) is 20.4. The van der Waals surface area contributed by atoms with Gasteiger partial charge in [-0.1, -0.05) is 55.4 Å². The van der Waals surface area contributed by atoms with Crippen LogP contribution in [0.4, 0.5) is 0 Å². The normalized spacial score (nSPS) is 14.8. The molecule has 1 atom stereocenters. The molecule has 0 heterocycles. The monoisotopic (exact) mass is 410 g/mol. The van der Waals surface area contributed by atoms with Crippen molar-refractivity contribution in [3.63, 3.8) is 0 Å². The van der Waals surface area contributed by atoms with Gasteiger partial charge in [0.1, 0.15) is 0 Å². The fourth-order valence-electron chi connectivity index (χ4n) is 3.33. The van der Waals surface area contributed by atoms with Gasteiger partial charge in [-0.15, -0.1) is 0 Å². The Morgan fingerprint density at radius 2 is 0.962 bits per heavy atom. The van der Waals surface area contributed by atoms with Crippen molar-refractivity contribution in [1.29, 1.82) is 0 Å². The van der Waals surface area contributed by atoms with Crippen LogP contribution in [0.25, 0.3) is 0 Å². The quantitative estimate of drug-likeness (QED) is 0.290. The number of hydrogen-bond acceptors (Lipinski definition) is 4. The number of hydrogen-bond donors (Lipinski definition) is 0. The Balaban J connectivity index is 4.71. The van der Waals surface area contributed by atoms with Crippen molar-refractivity contribution < 1.29 is 18.2 Å². The molecule has 0 aliphatic heterocycles. The summed E-state index contributed by atoms with van der Waals surface area (Å²) in [5.41, 5.74) is 0. The lowest BCUT2D eigenvalue weighted by Crippen LogP contribution is -2.17. The van der Waals surface area contributed by atoms with E-state index in [1.54, 1.807) is 0 Å². The Labute approximate surface area is 163 Å². The Kier molecular flexibility index (Phi) is 12.2. The molecule has 0 aromatic rings. The molecule has 0 amide bonds. The van der Waals surface area contributed by atoms with Crippen LogP contribution in [0.2, 0.25) is 0 Å². The second-order valence-corrected chi connectivity index (χ2v) is 14.7. The van der Waals surface area contributed by atoms with Gasteiger partial charge < -0.3 is 9.05 Å². The van der Waals surface area contributed by atoms with Crippen LogP contribution in [0.3, 0.4) is 0 Å². The third-order valence-corrected chi connectivity index (χ3v) is 10.3. The van der Waals surface area contributed by atoms with Gasteiger partial charge in [-0.25, -0.2) is 0 Å². The largest absolute Gasteiger partial charge is 0.328 e. The molecule has 0 aromatic carbocycles. The predicted octanol–water partition coefficient (Wildman–Crippen LogP) is 6.98. The van der Waals surface area contributed by atoms with Gasteiger partial charge in [-0.2, -0.15) is 0 Å². The molecule has 0 fully saturated rings. The van der Waals surface area contributed by atoms with Crippen LogP contribution in [0, 0.1) is 23.7 Å². The summed E-state index contributed by atoms with van der Waals surface area (Å²) in [6, 6.07) is 0. The molecule has 1 unspecified atom stereocenters. The van der Waals surface area contributed by atoms with Crippen molar-refractivity contribution in [1.82, 2.24) is 0 Å². The molecule has 0 spiro atoms. The highest BCUT2D eigenvalue weighted by Gasteiger charge is 2.29.